The molecule has 2 rings (SSSR count). The van der Waals surface area contributed by atoms with Gasteiger partial charge in [0.15, 0.2) is 0 Å². The summed E-state index contributed by atoms with van der Waals surface area (Å²) in [5.41, 5.74) is 1.84. The van der Waals surface area contributed by atoms with Crippen molar-refractivity contribution >= 4 is 29.8 Å². The van der Waals surface area contributed by atoms with E-state index in [9.17, 15) is 29.1 Å². The highest BCUT2D eigenvalue weighted by atomic mass is 16.4. The molecule has 2 aromatic rings. The van der Waals surface area contributed by atoms with Gasteiger partial charge in [0.05, 0.1) is 11.4 Å². The number of carboxylic acids is 3. The van der Waals surface area contributed by atoms with Crippen molar-refractivity contribution in [1.82, 2.24) is 30.8 Å². The maximum Gasteiger partial charge on any atom is 0.326 e. The van der Waals surface area contributed by atoms with E-state index in [4.69, 9.17) is 10.2 Å². The first-order chi connectivity index (χ1) is 20.1. The zero-order chi connectivity index (χ0) is 30.7. The standard InChI is InChI=1S/C28H38N6O8/c35-24(11-7-17-34(18-20-8-1-4-14-29-20)19-21-9-2-5-15-30-21)31-16-6-3-10-22(26(38)39)32-28(42)33-23(27(40)41)12-13-25(36)37/h1-2,4-5,8-9,14-15,22-23H,3,6-7,10-13,16-19H2,(H,31,35)(H,36,37)(H,38,39)(H,40,41)(H2,32,33,42)/t22-,23-/m0/s1. The Labute approximate surface area is 243 Å². The first kappa shape index (κ1) is 33.6. The van der Waals surface area contributed by atoms with E-state index >= 15 is 0 Å². The zero-order valence-corrected chi connectivity index (χ0v) is 23.3. The van der Waals surface area contributed by atoms with E-state index in [0.717, 1.165) is 11.4 Å². The molecule has 2 heterocycles. The molecule has 3 amide bonds. The van der Waals surface area contributed by atoms with Crippen LogP contribution < -0.4 is 16.0 Å². The molecule has 0 saturated heterocycles. The number of rotatable bonds is 20. The maximum atomic E-state index is 12.3. The van der Waals surface area contributed by atoms with Gasteiger partial charge in [-0.05, 0) is 62.9 Å². The molecule has 14 nitrogen and oxygen atoms in total. The first-order valence-corrected chi connectivity index (χ1v) is 13.7. The number of carbonyl (C=O) groups is 5. The largest absolute Gasteiger partial charge is 0.481 e. The number of aliphatic carboxylic acids is 3. The Hall–Kier alpha value is -4.59. The third-order valence-corrected chi connectivity index (χ3v) is 6.20. The predicted molar refractivity (Wildman–Crippen MR) is 150 cm³/mol. The number of pyridine rings is 2. The van der Waals surface area contributed by atoms with Gasteiger partial charge in [-0.3, -0.25) is 24.5 Å². The lowest BCUT2D eigenvalue weighted by Crippen LogP contribution is -2.51. The third-order valence-electron chi connectivity index (χ3n) is 6.20. The second kappa shape index (κ2) is 18.7. The van der Waals surface area contributed by atoms with Crippen LogP contribution in [0.1, 0.15) is 56.3 Å². The number of hydrogen-bond acceptors (Lipinski definition) is 8. The highest BCUT2D eigenvalue weighted by molar-refractivity contribution is 5.86. The first-order valence-electron chi connectivity index (χ1n) is 13.7. The number of hydrogen-bond donors (Lipinski definition) is 6. The maximum absolute atomic E-state index is 12.3. The van der Waals surface area contributed by atoms with Crippen molar-refractivity contribution in [3.63, 3.8) is 0 Å². The molecule has 0 bridgehead atoms. The lowest BCUT2D eigenvalue weighted by atomic mass is 10.1. The van der Waals surface area contributed by atoms with Crippen molar-refractivity contribution in [2.75, 3.05) is 13.1 Å². The molecule has 2 atom stereocenters. The number of unbranched alkanes of at least 4 members (excludes halogenated alkanes) is 1. The lowest BCUT2D eigenvalue weighted by Gasteiger charge is -2.21. The fraction of sp³-hybridized carbons (Fsp3) is 0.464. The summed E-state index contributed by atoms with van der Waals surface area (Å²) in [4.78, 5) is 68.8. The average Bonchev–Trinajstić information content (AvgIpc) is 2.95. The lowest BCUT2D eigenvalue weighted by molar-refractivity contribution is -0.140. The van der Waals surface area contributed by atoms with E-state index in [-0.39, 0.29) is 18.7 Å². The SMILES string of the molecule is O=C(O)CC[C@H](NC(=O)N[C@@H](CCCCNC(=O)CCCN(Cc1ccccn1)Cc1ccccn1)C(=O)O)C(=O)O. The van der Waals surface area contributed by atoms with Crippen LogP contribution in [0.3, 0.4) is 0 Å². The monoisotopic (exact) mass is 586 g/mol. The molecule has 2 aromatic heterocycles. The Morgan fingerprint density at radius 1 is 0.738 bits per heavy atom. The van der Waals surface area contributed by atoms with Crippen molar-refractivity contribution in [1.29, 1.82) is 0 Å². The smallest absolute Gasteiger partial charge is 0.326 e. The third kappa shape index (κ3) is 14.2. The van der Waals surface area contributed by atoms with Gasteiger partial charge in [-0.25, -0.2) is 14.4 Å². The molecular weight excluding hydrogens is 548 g/mol. The molecule has 228 valence electrons. The van der Waals surface area contributed by atoms with Gasteiger partial charge in [-0.15, -0.1) is 0 Å². The van der Waals surface area contributed by atoms with Crippen LogP contribution in [0.25, 0.3) is 0 Å². The molecule has 0 aliphatic rings. The Morgan fingerprint density at radius 2 is 1.31 bits per heavy atom. The second-order valence-corrected chi connectivity index (χ2v) is 9.63. The molecule has 0 fully saturated rings. The van der Waals surface area contributed by atoms with Crippen LogP contribution >= 0.6 is 0 Å². The Bertz CT molecular complexity index is 1110. The fourth-order valence-corrected chi connectivity index (χ4v) is 4.05. The molecule has 0 aliphatic carbocycles. The Morgan fingerprint density at radius 3 is 1.81 bits per heavy atom. The van der Waals surface area contributed by atoms with Gasteiger partial charge < -0.3 is 31.3 Å². The molecule has 0 unspecified atom stereocenters. The minimum atomic E-state index is -1.47. The highest BCUT2D eigenvalue weighted by Gasteiger charge is 2.24. The van der Waals surface area contributed by atoms with Crippen molar-refractivity contribution < 1.29 is 39.3 Å². The summed E-state index contributed by atoms with van der Waals surface area (Å²) < 4.78 is 0. The normalized spacial score (nSPS) is 12.2. The van der Waals surface area contributed by atoms with E-state index < -0.39 is 42.4 Å². The molecule has 0 spiro atoms. The number of nitrogens with zero attached hydrogens (tertiary/aromatic N) is 3. The summed E-state index contributed by atoms with van der Waals surface area (Å²) in [6.07, 6.45) is 4.50. The van der Waals surface area contributed by atoms with Crippen LogP contribution in [0, 0.1) is 0 Å². The summed E-state index contributed by atoms with van der Waals surface area (Å²) in [6, 6.07) is 7.70. The summed E-state index contributed by atoms with van der Waals surface area (Å²) in [6.45, 7) is 2.23. The topological polar surface area (TPSA) is 211 Å². The van der Waals surface area contributed by atoms with Crippen LogP contribution in [0.15, 0.2) is 48.8 Å². The van der Waals surface area contributed by atoms with Gasteiger partial charge in [-0.1, -0.05) is 12.1 Å². The van der Waals surface area contributed by atoms with Crippen LogP contribution in [-0.4, -0.2) is 85.2 Å². The molecular formula is C28H38N6O8. The Balaban J connectivity index is 1.70. The quantitative estimate of drug-likeness (QED) is 0.123. The van der Waals surface area contributed by atoms with E-state index in [1.807, 2.05) is 36.4 Å². The summed E-state index contributed by atoms with van der Waals surface area (Å²) >= 11 is 0. The predicted octanol–water partition coefficient (Wildman–Crippen LogP) is 1.62. The molecule has 6 N–H and O–H groups in total. The van der Waals surface area contributed by atoms with E-state index in [1.165, 1.54) is 0 Å². The van der Waals surface area contributed by atoms with Crippen molar-refractivity contribution in [2.24, 2.45) is 0 Å². The summed E-state index contributed by atoms with van der Waals surface area (Å²) in [5, 5.41) is 34.3. The second-order valence-electron chi connectivity index (χ2n) is 9.63. The van der Waals surface area contributed by atoms with Crippen LogP contribution in [0.5, 0.6) is 0 Å². The van der Waals surface area contributed by atoms with Gasteiger partial charge >= 0.3 is 23.9 Å². The number of carbonyl (C=O) groups excluding carboxylic acids is 2. The number of urea groups is 1. The van der Waals surface area contributed by atoms with Crippen molar-refractivity contribution in [3.05, 3.63) is 60.2 Å². The van der Waals surface area contributed by atoms with Crippen molar-refractivity contribution in [2.45, 2.75) is 70.1 Å². The Kier molecular flexibility index (Phi) is 15.0. The summed E-state index contributed by atoms with van der Waals surface area (Å²) in [5.74, 6) is -4.07. The van der Waals surface area contributed by atoms with Gasteiger partial charge in [0.2, 0.25) is 5.91 Å². The fourth-order valence-electron chi connectivity index (χ4n) is 4.05. The molecule has 0 saturated carbocycles. The van der Waals surface area contributed by atoms with E-state index in [0.29, 0.717) is 51.9 Å². The van der Waals surface area contributed by atoms with E-state index in [2.05, 4.69) is 30.8 Å². The highest BCUT2D eigenvalue weighted by Crippen LogP contribution is 2.09. The number of aromatic nitrogens is 2. The molecule has 14 heteroatoms. The number of amides is 3. The van der Waals surface area contributed by atoms with E-state index in [1.54, 1.807) is 12.4 Å². The van der Waals surface area contributed by atoms with Crippen LogP contribution in [0.4, 0.5) is 4.79 Å². The van der Waals surface area contributed by atoms with Gasteiger partial charge in [0.1, 0.15) is 12.1 Å². The molecule has 0 radical (unpaired) electrons. The number of nitrogens with one attached hydrogen (secondary N) is 3. The zero-order valence-electron chi connectivity index (χ0n) is 23.3. The summed E-state index contributed by atoms with van der Waals surface area (Å²) in [7, 11) is 0. The van der Waals surface area contributed by atoms with Gasteiger partial charge in [0.25, 0.3) is 0 Å². The van der Waals surface area contributed by atoms with Crippen LogP contribution in [-0.2, 0) is 32.3 Å². The van der Waals surface area contributed by atoms with Gasteiger partial charge in [0, 0.05) is 44.9 Å². The minimum absolute atomic E-state index is 0.0570. The van der Waals surface area contributed by atoms with Crippen LogP contribution in [0.2, 0.25) is 0 Å². The molecule has 42 heavy (non-hydrogen) atoms. The molecule has 0 aromatic carbocycles. The average molecular weight is 587 g/mol. The van der Waals surface area contributed by atoms with Crippen molar-refractivity contribution in [3.8, 4) is 0 Å². The number of carboxylic acid groups (broad SMARTS) is 3. The minimum Gasteiger partial charge on any atom is -0.481 e. The molecule has 0 aliphatic heterocycles. The van der Waals surface area contributed by atoms with Gasteiger partial charge in [-0.2, -0.15) is 0 Å².